The third kappa shape index (κ3) is 3.80. The van der Waals surface area contributed by atoms with Gasteiger partial charge in [-0.3, -0.25) is 4.79 Å². The fourth-order valence-corrected chi connectivity index (χ4v) is 1.75. The molecule has 1 amide bonds. The van der Waals surface area contributed by atoms with Gasteiger partial charge < -0.3 is 15.4 Å². The van der Waals surface area contributed by atoms with Gasteiger partial charge in [0.15, 0.2) is 0 Å². The lowest BCUT2D eigenvalue weighted by molar-refractivity contribution is -0.124. The molecule has 1 aliphatic heterocycles. The second-order valence-electron chi connectivity index (χ2n) is 4.09. The molecule has 0 bridgehead atoms. The van der Waals surface area contributed by atoms with E-state index in [0.29, 0.717) is 13.0 Å². The third-order valence-electron chi connectivity index (χ3n) is 2.86. The summed E-state index contributed by atoms with van der Waals surface area (Å²) in [6.07, 6.45) is 2.42. The van der Waals surface area contributed by atoms with Gasteiger partial charge >= 0.3 is 0 Å². The van der Waals surface area contributed by atoms with Gasteiger partial charge in [0.1, 0.15) is 0 Å². The van der Waals surface area contributed by atoms with E-state index < -0.39 is 0 Å². The quantitative estimate of drug-likeness (QED) is 0.707. The normalized spacial score (nSPS) is 26.3. The molecule has 2 N–H and O–H groups in total. The molecule has 0 aromatic carbocycles. The lowest BCUT2D eigenvalue weighted by Gasteiger charge is -2.37. The van der Waals surface area contributed by atoms with E-state index in [1.165, 1.54) is 0 Å². The first-order chi connectivity index (χ1) is 7.22. The minimum absolute atomic E-state index is 0.125. The van der Waals surface area contributed by atoms with Crippen LogP contribution in [0.2, 0.25) is 0 Å². The van der Waals surface area contributed by atoms with Gasteiger partial charge in [0, 0.05) is 26.1 Å². The molecule has 1 unspecified atom stereocenters. The van der Waals surface area contributed by atoms with Crippen molar-refractivity contribution >= 4 is 5.91 Å². The molecule has 0 spiro atoms. The van der Waals surface area contributed by atoms with Gasteiger partial charge in [-0.25, -0.2) is 0 Å². The Labute approximate surface area is 91.8 Å². The summed E-state index contributed by atoms with van der Waals surface area (Å²) in [4.78, 5) is 11.4. The third-order valence-corrected chi connectivity index (χ3v) is 2.86. The molecule has 1 saturated heterocycles. The van der Waals surface area contributed by atoms with Crippen molar-refractivity contribution < 1.29 is 9.53 Å². The zero-order valence-electron chi connectivity index (χ0n) is 9.77. The number of amides is 1. The molecule has 0 aromatic heterocycles. The summed E-state index contributed by atoms with van der Waals surface area (Å²) in [5, 5.41) is 6.25. The average molecular weight is 214 g/mol. The van der Waals surface area contributed by atoms with E-state index in [0.717, 1.165) is 32.5 Å². The summed E-state index contributed by atoms with van der Waals surface area (Å²) in [5.74, 6) is 0.125. The molecule has 1 rings (SSSR count). The summed E-state index contributed by atoms with van der Waals surface area (Å²) in [6.45, 7) is 7.19. The number of carbonyl (C=O) groups excluding carboxylic acids is 1. The molecule has 0 aromatic rings. The highest BCUT2D eigenvalue weighted by Crippen LogP contribution is 2.16. The fourth-order valence-electron chi connectivity index (χ4n) is 1.75. The van der Waals surface area contributed by atoms with Crippen LogP contribution < -0.4 is 10.6 Å². The van der Waals surface area contributed by atoms with Gasteiger partial charge in [-0.2, -0.15) is 0 Å². The van der Waals surface area contributed by atoms with Crippen LogP contribution in [-0.2, 0) is 9.53 Å². The Hall–Kier alpha value is -0.610. The lowest BCUT2D eigenvalue weighted by Crippen LogP contribution is -2.55. The standard InChI is InChI=1S/C11H22N2O2/c1-3-5-10(14)13-9-11(4-2)8-12-6-7-15-11/h12H,3-9H2,1-2H3,(H,13,14). The van der Waals surface area contributed by atoms with Crippen LogP contribution in [0, 0.1) is 0 Å². The Balaban J connectivity index is 2.35. The smallest absolute Gasteiger partial charge is 0.220 e. The highest BCUT2D eigenvalue weighted by Gasteiger charge is 2.31. The van der Waals surface area contributed by atoms with Crippen LogP contribution in [0.15, 0.2) is 0 Å². The van der Waals surface area contributed by atoms with Crippen LogP contribution in [0.5, 0.6) is 0 Å². The second kappa shape index (κ2) is 6.08. The highest BCUT2D eigenvalue weighted by molar-refractivity contribution is 5.75. The highest BCUT2D eigenvalue weighted by atomic mass is 16.5. The first-order valence-corrected chi connectivity index (χ1v) is 5.84. The summed E-state index contributed by atoms with van der Waals surface area (Å²) in [5.41, 5.74) is -0.193. The number of morpholine rings is 1. The maximum atomic E-state index is 11.4. The first-order valence-electron chi connectivity index (χ1n) is 5.84. The SMILES string of the molecule is CCCC(=O)NCC1(CC)CNCCO1. The fraction of sp³-hybridized carbons (Fsp3) is 0.909. The van der Waals surface area contributed by atoms with Crippen LogP contribution in [0.1, 0.15) is 33.1 Å². The maximum absolute atomic E-state index is 11.4. The average Bonchev–Trinajstić information content (AvgIpc) is 2.28. The molecule has 4 heteroatoms. The number of rotatable bonds is 5. The summed E-state index contributed by atoms with van der Waals surface area (Å²) in [7, 11) is 0. The molecule has 0 aliphatic carbocycles. The second-order valence-corrected chi connectivity index (χ2v) is 4.09. The number of nitrogens with one attached hydrogen (secondary N) is 2. The monoisotopic (exact) mass is 214 g/mol. The molecule has 15 heavy (non-hydrogen) atoms. The topological polar surface area (TPSA) is 50.4 Å². The molecule has 1 fully saturated rings. The molecular weight excluding hydrogens is 192 g/mol. The van der Waals surface area contributed by atoms with Crippen molar-refractivity contribution in [3.63, 3.8) is 0 Å². The molecule has 1 heterocycles. The maximum Gasteiger partial charge on any atom is 0.220 e. The van der Waals surface area contributed by atoms with Crippen LogP contribution in [0.3, 0.4) is 0 Å². The van der Waals surface area contributed by atoms with Crippen molar-refractivity contribution in [3.05, 3.63) is 0 Å². The molecule has 88 valence electrons. The van der Waals surface area contributed by atoms with Crippen molar-refractivity contribution in [1.29, 1.82) is 0 Å². The molecule has 0 saturated carbocycles. The number of hydrogen-bond acceptors (Lipinski definition) is 3. The van der Waals surface area contributed by atoms with E-state index in [-0.39, 0.29) is 11.5 Å². The van der Waals surface area contributed by atoms with Crippen molar-refractivity contribution in [3.8, 4) is 0 Å². The van der Waals surface area contributed by atoms with E-state index in [1.807, 2.05) is 6.92 Å². The van der Waals surface area contributed by atoms with E-state index in [2.05, 4.69) is 17.6 Å². The van der Waals surface area contributed by atoms with Crippen LogP contribution in [0.4, 0.5) is 0 Å². The Morgan fingerprint density at radius 3 is 2.87 bits per heavy atom. The first kappa shape index (κ1) is 12.5. The van der Waals surface area contributed by atoms with E-state index in [4.69, 9.17) is 4.74 Å². The Morgan fingerprint density at radius 2 is 2.33 bits per heavy atom. The van der Waals surface area contributed by atoms with Gasteiger partial charge in [-0.1, -0.05) is 13.8 Å². The molecular formula is C11H22N2O2. The number of ether oxygens (including phenoxy) is 1. The van der Waals surface area contributed by atoms with Gasteiger partial charge in [-0.15, -0.1) is 0 Å². The van der Waals surface area contributed by atoms with E-state index in [1.54, 1.807) is 0 Å². The van der Waals surface area contributed by atoms with Crippen molar-refractivity contribution in [2.75, 3.05) is 26.2 Å². The molecule has 1 aliphatic rings. The van der Waals surface area contributed by atoms with Crippen LogP contribution in [0.25, 0.3) is 0 Å². The van der Waals surface area contributed by atoms with Crippen molar-refractivity contribution in [2.24, 2.45) is 0 Å². The zero-order valence-corrected chi connectivity index (χ0v) is 9.77. The Kier molecular flexibility index (Phi) is 5.05. The Morgan fingerprint density at radius 1 is 1.53 bits per heavy atom. The zero-order chi connectivity index (χ0) is 11.1. The predicted octanol–water partition coefficient (Wildman–Crippen LogP) is 0.671. The van der Waals surface area contributed by atoms with Crippen LogP contribution >= 0.6 is 0 Å². The summed E-state index contributed by atoms with van der Waals surface area (Å²) < 4.78 is 5.77. The Bertz CT molecular complexity index is 201. The predicted molar refractivity (Wildman–Crippen MR) is 59.8 cm³/mol. The lowest BCUT2D eigenvalue weighted by atomic mass is 9.99. The van der Waals surface area contributed by atoms with Gasteiger partial charge in [0.25, 0.3) is 0 Å². The van der Waals surface area contributed by atoms with Crippen LogP contribution in [-0.4, -0.2) is 37.7 Å². The van der Waals surface area contributed by atoms with E-state index >= 15 is 0 Å². The molecule has 0 radical (unpaired) electrons. The number of carbonyl (C=O) groups is 1. The minimum Gasteiger partial charge on any atom is -0.371 e. The molecule has 4 nitrogen and oxygen atoms in total. The molecule has 1 atom stereocenters. The van der Waals surface area contributed by atoms with E-state index in [9.17, 15) is 4.79 Å². The largest absolute Gasteiger partial charge is 0.371 e. The minimum atomic E-state index is -0.193. The number of hydrogen-bond donors (Lipinski definition) is 2. The van der Waals surface area contributed by atoms with Gasteiger partial charge in [-0.05, 0) is 12.8 Å². The summed E-state index contributed by atoms with van der Waals surface area (Å²) in [6, 6.07) is 0. The van der Waals surface area contributed by atoms with Crippen molar-refractivity contribution in [1.82, 2.24) is 10.6 Å². The van der Waals surface area contributed by atoms with Crippen molar-refractivity contribution in [2.45, 2.75) is 38.7 Å². The van der Waals surface area contributed by atoms with Gasteiger partial charge in [0.05, 0.1) is 12.2 Å². The summed E-state index contributed by atoms with van der Waals surface area (Å²) >= 11 is 0. The van der Waals surface area contributed by atoms with Gasteiger partial charge in [0.2, 0.25) is 5.91 Å².